The molecular weight excluding hydrogens is 396 g/mol. The molecule has 0 heterocycles. The number of aromatic hydroxyl groups is 1. The first kappa shape index (κ1) is 23.6. The van der Waals surface area contributed by atoms with Gasteiger partial charge >= 0.3 is 5.97 Å². The fourth-order valence-corrected chi connectivity index (χ4v) is 7.34. The van der Waals surface area contributed by atoms with Crippen molar-refractivity contribution in [3.63, 3.8) is 0 Å². The number of hydrogen-bond donors (Lipinski definition) is 1. The maximum absolute atomic E-state index is 12.6. The molecule has 0 aliphatic heterocycles. The standard InChI is InChI=1S/C29H44O3/c1-3-4-5-6-7-8-9-10-11-28(31)32-27-17-16-26-25-14-12-21-20-22(30)13-15-23(21)24(25)18-19-29(26,27)2/h13,15,20,24-27,30H,3-12,14,16-19H2,1-2H3/t24?,25?,26?,27?,29-/m0/s1. The third-order valence-corrected chi connectivity index (χ3v) is 9.13. The van der Waals surface area contributed by atoms with Crippen LogP contribution in [-0.4, -0.2) is 17.2 Å². The summed E-state index contributed by atoms with van der Waals surface area (Å²) in [5.74, 6) is 2.40. The van der Waals surface area contributed by atoms with Gasteiger partial charge in [-0.1, -0.05) is 64.9 Å². The zero-order chi connectivity index (χ0) is 22.6. The Morgan fingerprint density at radius 2 is 1.78 bits per heavy atom. The largest absolute Gasteiger partial charge is 0.508 e. The van der Waals surface area contributed by atoms with Crippen molar-refractivity contribution >= 4 is 5.97 Å². The molecule has 0 aromatic heterocycles. The topological polar surface area (TPSA) is 46.5 Å². The van der Waals surface area contributed by atoms with Crippen LogP contribution in [0.5, 0.6) is 5.75 Å². The summed E-state index contributed by atoms with van der Waals surface area (Å²) in [6, 6.07) is 6.00. The molecule has 3 aliphatic rings. The molecule has 178 valence electrons. The van der Waals surface area contributed by atoms with Crippen molar-refractivity contribution in [2.24, 2.45) is 17.3 Å². The predicted molar refractivity (Wildman–Crippen MR) is 130 cm³/mol. The molecule has 0 amide bonds. The van der Waals surface area contributed by atoms with Crippen LogP contribution < -0.4 is 0 Å². The number of unbranched alkanes of at least 4 members (excludes halogenated alkanes) is 7. The summed E-state index contributed by atoms with van der Waals surface area (Å²) in [6.07, 6.45) is 17.6. The van der Waals surface area contributed by atoms with E-state index in [0.29, 0.717) is 29.9 Å². The molecule has 1 N–H and O–H groups in total. The van der Waals surface area contributed by atoms with Crippen molar-refractivity contribution in [1.29, 1.82) is 0 Å². The molecule has 1 aromatic rings. The highest BCUT2D eigenvalue weighted by Crippen LogP contribution is 2.61. The van der Waals surface area contributed by atoms with Crippen LogP contribution in [0.4, 0.5) is 0 Å². The van der Waals surface area contributed by atoms with Crippen molar-refractivity contribution < 1.29 is 14.6 Å². The monoisotopic (exact) mass is 440 g/mol. The van der Waals surface area contributed by atoms with E-state index < -0.39 is 0 Å². The molecule has 2 saturated carbocycles. The van der Waals surface area contributed by atoms with Crippen LogP contribution in [-0.2, 0) is 16.0 Å². The number of esters is 1. The molecule has 0 radical (unpaired) electrons. The fraction of sp³-hybridized carbons (Fsp3) is 0.759. The summed E-state index contributed by atoms with van der Waals surface area (Å²) in [5, 5.41) is 9.88. The molecule has 0 spiro atoms. The lowest BCUT2D eigenvalue weighted by molar-refractivity contribution is -0.157. The van der Waals surface area contributed by atoms with Crippen LogP contribution in [0.15, 0.2) is 18.2 Å². The molecule has 1 aromatic carbocycles. The highest BCUT2D eigenvalue weighted by molar-refractivity contribution is 5.69. The number of phenols is 1. The lowest BCUT2D eigenvalue weighted by Crippen LogP contribution is -2.45. The van der Waals surface area contributed by atoms with E-state index in [1.165, 1.54) is 68.9 Å². The molecule has 3 aliphatic carbocycles. The number of fused-ring (bicyclic) bond motifs is 5. The first-order valence-corrected chi connectivity index (χ1v) is 13.5. The summed E-state index contributed by atoms with van der Waals surface area (Å²) in [6.45, 7) is 4.66. The summed E-state index contributed by atoms with van der Waals surface area (Å²) in [4.78, 5) is 12.6. The highest BCUT2D eigenvalue weighted by Gasteiger charge is 2.56. The van der Waals surface area contributed by atoms with E-state index >= 15 is 0 Å². The molecule has 32 heavy (non-hydrogen) atoms. The molecular formula is C29H44O3. The highest BCUT2D eigenvalue weighted by atomic mass is 16.5. The Morgan fingerprint density at radius 3 is 2.56 bits per heavy atom. The van der Waals surface area contributed by atoms with E-state index in [2.05, 4.69) is 19.9 Å². The molecule has 0 saturated heterocycles. The van der Waals surface area contributed by atoms with Crippen LogP contribution in [0.25, 0.3) is 0 Å². The first-order chi connectivity index (χ1) is 15.5. The number of carbonyl (C=O) groups is 1. The van der Waals surface area contributed by atoms with Gasteiger partial charge in [0, 0.05) is 11.8 Å². The van der Waals surface area contributed by atoms with E-state index in [0.717, 1.165) is 32.1 Å². The second-order valence-electron chi connectivity index (χ2n) is 11.1. The zero-order valence-electron chi connectivity index (χ0n) is 20.4. The lowest BCUT2D eigenvalue weighted by Gasteiger charge is -2.50. The lowest BCUT2D eigenvalue weighted by atomic mass is 9.55. The first-order valence-electron chi connectivity index (χ1n) is 13.5. The van der Waals surface area contributed by atoms with Crippen molar-refractivity contribution in [1.82, 2.24) is 0 Å². The Balaban J connectivity index is 1.26. The molecule has 5 atom stereocenters. The van der Waals surface area contributed by atoms with Crippen LogP contribution >= 0.6 is 0 Å². The molecule has 3 heteroatoms. The number of benzene rings is 1. The number of rotatable bonds is 10. The third-order valence-electron chi connectivity index (χ3n) is 9.13. The van der Waals surface area contributed by atoms with Gasteiger partial charge in [-0.05, 0) is 86.0 Å². The third kappa shape index (κ3) is 5.02. The Kier molecular flexibility index (Phi) is 7.84. The normalized spacial score (nSPS) is 30.9. The van der Waals surface area contributed by atoms with E-state index in [1.807, 2.05) is 12.1 Å². The van der Waals surface area contributed by atoms with Crippen LogP contribution in [0.1, 0.15) is 121 Å². The van der Waals surface area contributed by atoms with Gasteiger partial charge in [0.1, 0.15) is 11.9 Å². The van der Waals surface area contributed by atoms with E-state index in [-0.39, 0.29) is 17.5 Å². The van der Waals surface area contributed by atoms with Gasteiger partial charge in [-0.15, -0.1) is 0 Å². The summed E-state index contributed by atoms with van der Waals surface area (Å²) in [5.41, 5.74) is 2.96. The van der Waals surface area contributed by atoms with Crippen LogP contribution in [0.3, 0.4) is 0 Å². The van der Waals surface area contributed by atoms with Gasteiger partial charge in [-0.25, -0.2) is 0 Å². The van der Waals surface area contributed by atoms with Crippen molar-refractivity contribution in [2.45, 2.75) is 122 Å². The zero-order valence-corrected chi connectivity index (χ0v) is 20.4. The molecule has 0 bridgehead atoms. The average Bonchev–Trinajstić information content (AvgIpc) is 3.11. The van der Waals surface area contributed by atoms with Gasteiger partial charge in [0.05, 0.1) is 0 Å². The average molecular weight is 441 g/mol. The predicted octanol–water partition coefficient (Wildman–Crippen LogP) is 7.69. The number of ether oxygens (including phenoxy) is 1. The van der Waals surface area contributed by atoms with Crippen molar-refractivity contribution in [2.75, 3.05) is 0 Å². The Morgan fingerprint density at radius 1 is 1.03 bits per heavy atom. The Bertz CT molecular complexity index is 772. The van der Waals surface area contributed by atoms with Gasteiger partial charge in [-0.2, -0.15) is 0 Å². The second-order valence-corrected chi connectivity index (χ2v) is 11.1. The van der Waals surface area contributed by atoms with Gasteiger partial charge in [0.15, 0.2) is 0 Å². The molecule has 4 rings (SSSR count). The molecule has 3 nitrogen and oxygen atoms in total. The number of carbonyl (C=O) groups excluding carboxylic acids is 1. The second kappa shape index (κ2) is 10.6. The number of aryl methyl sites for hydroxylation is 1. The maximum Gasteiger partial charge on any atom is 0.306 e. The van der Waals surface area contributed by atoms with Gasteiger partial charge in [0.25, 0.3) is 0 Å². The minimum absolute atomic E-state index is 0.0365. The Labute approximate surface area is 195 Å². The van der Waals surface area contributed by atoms with Gasteiger partial charge < -0.3 is 9.84 Å². The van der Waals surface area contributed by atoms with Crippen LogP contribution in [0.2, 0.25) is 0 Å². The van der Waals surface area contributed by atoms with E-state index in [9.17, 15) is 9.90 Å². The maximum atomic E-state index is 12.6. The van der Waals surface area contributed by atoms with Crippen molar-refractivity contribution in [3.8, 4) is 5.75 Å². The molecule has 4 unspecified atom stereocenters. The minimum Gasteiger partial charge on any atom is -0.508 e. The summed E-state index contributed by atoms with van der Waals surface area (Å²) in [7, 11) is 0. The number of hydrogen-bond acceptors (Lipinski definition) is 3. The molecule has 2 fully saturated rings. The summed E-state index contributed by atoms with van der Waals surface area (Å²) >= 11 is 0. The van der Waals surface area contributed by atoms with Crippen LogP contribution in [0, 0.1) is 17.3 Å². The Hall–Kier alpha value is -1.51. The van der Waals surface area contributed by atoms with E-state index in [4.69, 9.17) is 4.74 Å². The minimum atomic E-state index is 0.0365. The summed E-state index contributed by atoms with van der Waals surface area (Å²) < 4.78 is 6.14. The van der Waals surface area contributed by atoms with Gasteiger partial charge in [0.2, 0.25) is 0 Å². The SMILES string of the molecule is CCCCCCCCCCC(=O)OC1CCC2C3CCc4cc(O)ccc4C3CC[C@]12C. The fourth-order valence-electron chi connectivity index (χ4n) is 7.34. The van der Waals surface area contributed by atoms with Crippen molar-refractivity contribution in [3.05, 3.63) is 29.3 Å². The van der Waals surface area contributed by atoms with Gasteiger partial charge in [-0.3, -0.25) is 4.79 Å². The van der Waals surface area contributed by atoms with E-state index in [1.54, 1.807) is 0 Å². The number of phenolic OH excluding ortho intramolecular Hbond substituents is 1. The smallest absolute Gasteiger partial charge is 0.306 e. The quantitative estimate of drug-likeness (QED) is 0.299.